The van der Waals surface area contributed by atoms with Crippen LogP contribution in [0.1, 0.15) is 15.5 Å². The van der Waals surface area contributed by atoms with Crippen LogP contribution in [0.4, 0.5) is 0 Å². The van der Waals surface area contributed by atoms with Crippen molar-refractivity contribution in [2.24, 2.45) is 0 Å². The van der Waals surface area contributed by atoms with E-state index in [-0.39, 0.29) is 0 Å². The molecule has 0 aliphatic rings. The summed E-state index contributed by atoms with van der Waals surface area (Å²) in [6.45, 7) is 0. The summed E-state index contributed by atoms with van der Waals surface area (Å²) in [6, 6.07) is 0. The van der Waals surface area contributed by atoms with Crippen LogP contribution in [0.2, 0.25) is 0 Å². The second-order valence-corrected chi connectivity index (χ2v) is 1.01. The maximum atomic E-state index is 9.87. The number of carbonyl (C=O) groups is 2. The first-order valence-corrected chi connectivity index (χ1v) is 1.77. The monoisotopic (exact) mass is 121 g/mol. The molecule has 8 heavy (non-hydrogen) atoms. The first-order chi connectivity index (χ1) is 4.46. The molecule has 0 rings (SSSR count). The molecule has 4 nitrogen and oxygen atoms in total. The molecule has 0 aromatic heterocycles. The molecular formula is C4H6O4. The van der Waals surface area contributed by atoms with Gasteiger partial charge in [-0.05, 0) is 0 Å². The van der Waals surface area contributed by atoms with Crippen LogP contribution in [0, 0.1) is 0 Å². The second kappa shape index (κ2) is 3.01. The maximum Gasteiger partial charge on any atom is 0.303 e. The lowest BCUT2D eigenvalue weighted by atomic mass is 10.4. The van der Waals surface area contributed by atoms with Crippen LogP contribution < -0.4 is 0 Å². The highest BCUT2D eigenvalue weighted by Gasteiger charge is 2.00. The molecule has 0 aliphatic carbocycles. The van der Waals surface area contributed by atoms with E-state index in [4.69, 9.17) is 13.0 Å². The van der Waals surface area contributed by atoms with E-state index in [9.17, 15) is 9.59 Å². The van der Waals surface area contributed by atoms with Gasteiger partial charge in [0.2, 0.25) is 0 Å². The summed E-state index contributed by atoms with van der Waals surface area (Å²) in [5.41, 5.74) is 0. The lowest BCUT2D eigenvalue weighted by molar-refractivity contribution is -0.143. The fraction of sp³-hybridized carbons (Fsp3) is 0.500. The molecule has 2 atom stereocenters. The van der Waals surface area contributed by atoms with Gasteiger partial charge in [-0.25, -0.2) is 0 Å². The van der Waals surface area contributed by atoms with Crippen LogP contribution in [-0.4, -0.2) is 22.2 Å². The van der Waals surface area contributed by atoms with Crippen molar-refractivity contribution in [2.45, 2.75) is 12.8 Å². The minimum Gasteiger partial charge on any atom is -0.481 e. The van der Waals surface area contributed by atoms with E-state index in [0.717, 1.165) is 0 Å². The van der Waals surface area contributed by atoms with E-state index in [1.807, 2.05) is 0 Å². The van der Waals surface area contributed by atoms with Crippen molar-refractivity contribution < 1.29 is 22.5 Å². The molecule has 0 saturated carbocycles. The fourth-order valence-electron chi connectivity index (χ4n) is 0.143. The Morgan fingerprint density at radius 3 is 1.62 bits per heavy atom. The lowest BCUT2D eigenvalue weighted by Gasteiger charge is -1.85. The minimum absolute atomic E-state index is 1.60. The number of hydrogen-bond donors (Lipinski definition) is 2. The first kappa shape index (κ1) is 3.88. The number of rotatable bonds is 3. The standard InChI is InChI=1S/C4H6O4/c5-3(6)1-2-4(7)8/h1-2H2,(H,5,6)(H,7,8)/i1D,2D,3+1/t1-,2-/m1/s1. The maximum absolute atomic E-state index is 9.87. The topological polar surface area (TPSA) is 74.6 Å². The number of hydrogen-bond acceptors (Lipinski definition) is 2. The van der Waals surface area contributed by atoms with Gasteiger partial charge >= 0.3 is 11.9 Å². The number of aliphatic carboxylic acids is 2. The van der Waals surface area contributed by atoms with E-state index in [1.165, 1.54) is 0 Å². The van der Waals surface area contributed by atoms with Gasteiger partial charge in [0.1, 0.15) is 0 Å². The minimum atomic E-state index is -1.91. The molecule has 0 aromatic carbocycles. The fourth-order valence-corrected chi connectivity index (χ4v) is 0.143. The van der Waals surface area contributed by atoms with Gasteiger partial charge in [-0.1, -0.05) is 0 Å². The van der Waals surface area contributed by atoms with Gasteiger partial charge in [-0.3, -0.25) is 9.59 Å². The molecule has 46 valence electrons. The zero-order valence-corrected chi connectivity index (χ0v) is 3.87. The molecule has 0 saturated heterocycles. The predicted octanol–water partition coefficient (Wildman–Crippen LogP) is -0.0642. The summed E-state index contributed by atoms with van der Waals surface area (Å²) in [5, 5.41) is 16.1. The molecule has 0 aromatic rings. The SMILES string of the molecule is [2H][C@H]([C@@H]([2H])C(=O)O)[13C](=O)O. The Morgan fingerprint density at radius 2 is 1.50 bits per heavy atom. The van der Waals surface area contributed by atoms with Crippen molar-refractivity contribution >= 4 is 11.9 Å². The molecule has 4 heteroatoms. The van der Waals surface area contributed by atoms with Gasteiger partial charge in [0, 0.05) is 2.74 Å². The second-order valence-electron chi connectivity index (χ2n) is 1.01. The van der Waals surface area contributed by atoms with Gasteiger partial charge < -0.3 is 10.2 Å². The Balaban J connectivity index is 4.07. The van der Waals surface area contributed by atoms with E-state index in [2.05, 4.69) is 0 Å². The van der Waals surface area contributed by atoms with Crippen LogP contribution in [0.15, 0.2) is 0 Å². The molecule has 0 amide bonds. The van der Waals surface area contributed by atoms with E-state index in [0.29, 0.717) is 0 Å². The number of carboxylic acid groups (broad SMARTS) is 2. The Kier molecular flexibility index (Phi) is 1.46. The molecule has 0 aliphatic heterocycles. The van der Waals surface area contributed by atoms with Crippen LogP contribution in [0.25, 0.3) is 0 Å². The lowest BCUT2D eigenvalue weighted by Crippen LogP contribution is -2.00. The molecule has 0 bridgehead atoms. The smallest absolute Gasteiger partial charge is 0.303 e. The summed E-state index contributed by atoms with van der Waals surface area (Å²) in [5.74, 6) is -3.19. The van der Waals surface area contributed by atoms with Gasteiger partial charge in [0.15, 0.2) is 0 Å². The third-order valence-corrected chi connectivity index (χ3v) is 0.368. The van der Waals surface area contributed by atoms with E-state index < -0.39 is 24.7 Å². The third-order valence-electron chi connectivity index (χ3n) is 0.368. The normalized spacial score (nSPS) is 20.0. The average Bonchev–Trinajstić information content (AvgIpc) is 1.84. The van der Waals surface area contributed by atoms with Crippen LogP contribution in [-0.2, 0) is 9.59 Å². The summed E-state index contributed by atoms with van der Waals surface area (Å²) in [7, 11) is 0. The quantitative estimate of drug-likeness (QED) is 0.513. The molecule has 0 spiro atoms. The number of carboxylic acids is 2. The zero-order valence-electron chi connectivity index (χ0n) is 5.87. The van der Waals surface area contributed by atoms with Crippen LogP contribution in [0.3, 0.4) is 0 Å². The first-order valence-electron chi connectivity index (χ1n) is 2.92. The van der Waals surface area contributed by atoms with Gasteiger partial charge in [0.05, 0.1) is 12.8 Å². The molecule has 0 fully saturated rings. The van der Waals surface area contributed by atoms with Crippen molar-refractivity contribution in [2.75, 3.05) is 0 Å². The zero-order chi connectivity index (χ0) is 8.31. The largest absolute Gasteiger partial charge is 0.481 e. The van der Waals surface area contributed by atoms with Crippen LogP contribution in [0.5, 0.6) is 0 Å². The van der Waals surface area contributed by atoms with Crippen molar-refractivity contribution in [3.05, 3.63) is 0 Å². The van der Waals surface area contributed by atoms with Crippen molar-refractivity contribution in [1.29, 1.82) is 0 Å². The third kappa shape index (κ3) is 4.94. The van der Waals surface area contributed by atoms with E-state index >= 15 is 0 Å². The molecule has 0 heterocycles. The highest BCUT2D eigenvalue weighted by atomic mass is 16.5. The Morgan fingerprint density at radius 1 is 1.25 bits per heavy atom. The van der Waals surface area contributed by atoms with Gasteiger partial charge in [-0.15, -0.1) is 0 Å². The van der Waals surface area contributed by atoms with Crippen molar-refractivity contribution in [1.82, 2.24) is 0 Å². The van der Waals surface area contributed by atoms with Crippen molar-refractivity contribution in [3.63, 3.8) is 0 Å². The summed E-state index contributed by atoms with van der Waals surface area (Å²) < 4.78 is 13.2. The summed E-state index contributed by atoms with van der Waals surface area (Å²) in [6.07, 6.45) is -3.81. The predicted molar refractivity (Wildman–Crippen MR) is 24.5 cm³/mol. The summed E-state index contributed by atoms with van der Waals surface area (Å²) >= 11 is 0. The van der Waals surface area contributed by atoms with Crippen LogP contribution >= 0.6 is 0 Å². The molecule has 0 unspecified atom stereocenters. The van der Waals surface area contributed by atoms with Gasteiger partial charge in [0.25, 0.3) is 0 Å². The molecule has 0 radical (unpaired) electrons. The highest BCUT2D eigenvalue weighted by Crippen LogP contribution is 1.85. The average molecular weight is 121 g/mol. The van der Waals surface area contributed by atoms with E-state index in [1.54, 1.807) is 0 Å². The molecular weight excluding hydrogens is 113 g/mol. The van der Waals surface area contributed by atoms with Gasteiger partial charge in [-0.2, -0.15) is 0 Å². The Hall–Kier alpha value is -1.06. The Bertz CT molecular complexity index is 139. The molecule has 2 N–H and O–H groups in total. The van der Waals surface area contributed by atoms with Crippen molar-refractivity contribution in [3.8, 4) is 0 Å². The summed E-state index contributed by atoms with van der Waals surface area (Å²) in [4.78, 5) is 19.7. The highest BCUT2D eigenvalue weighted by molar-refractivity contribution is 5.75. The Labute approximate surface area is 48.6 Å².